The zero-order valence-electron chi connectivity index (χ0n) is 13.4. The number of methoxy groups -OCH3 is 2. The van der Waals surface area contributed by atoms with Crippen molar-refractivity contribution in [3.63, 3.8) is 0 Å². The van der Waals surface area contributed by atoms with Crippen LogP contribution in [-0.2, 0) is 23.1 Å². The molecule has 0 spiro atoms. The van der Waals surface area contributed by atoms with E-state index in [1.807, 2.05) is 0 Å². The molecule has 0 fully saturated rings. The van der Waals surface area contributed by atoms with Gasteiger partial charge in [-0.15, -0.1) is 0 Å². The SMILES string of the molecule is CCOP(=O)(OCC)Oc1ccc(C(=O)OC)c(C(=O)OC)c1. The first kappa shape index (κ1) is 19.2. The average molecular weight is 346 g/mol. The zero-order chi connectivity index (χ0) is 17.5. The largest absolute Gasteiger partial charge is 0.530 e. The molecule has 0 saturated heterocycles. The van der Waals surface area contributed by atoms with Gasteiger partial charge in [-0.1, -0.05) is 0 Å². The first-order valence-corrected chi connectivity index (χ1v) is 8.26. The predicted molar refractivity (Wildman–Crippen MR) is 80.6 cm³/mol. The van der Waals surface area contributed by atoms with E-state index >= 15 is 0 Å². The first-order chi connectivity index (χ1) is 10.9. The number of ether oxygens (including phenoxy) is 2. The molecule has 0 heterocycles. The van der Waals surface area contributed by atoms with Crippen LogP contribution < -0.4 is 4.52 Å². The fraction of sp³-hybridized carbons (Fsp3) is 0.429. The highest BCUT2D eigenvalue weighted by Crippen LogP contribution is 2.49. The Morgan fingerprint density at radius 1 is 0.957 bits per heavy atom. The molecule has 0 N–H and O–H groups in total. The second-order valence-electron chi connectivity index (χ2n) is 4.06. The minimum Gasteiger partial charge on any atom is -0.465 e. The molecule has 0 bridgehead atoms. The van der Waals surface area contributed by atoms with Crippen molar-refractivity contribution in [1.82, 2.24) is 0 Å². The molecule has 0 aliphatic rings. The maximum atomic E-state index is 12.3. The molecule has 1 aromatic rings. The molecule has 8 nitrogen and oxygen atoms in total. The topological polar surface area (TPSA) is 97.4 Å². The number of rotatable bonds is 8. The molecule has 9 heteroatoms. The number of carbonyl (C=O) groups excluding carboxylic acids is 2. The monoisotopic (exact) mass is 346 g/mol. The van der Waals surface area contributed by atoms with Gasteiger partial charge in [-0.05, 0) is 32.0 Å². The second-order valence-corrected chi connectivity index (χ2v) is 5.66. The van der Waals surface area contributed by atoms with Crippen molar-refractivity contribution in [2.45, 2.75) is 13.8 Å². The Kier molecular flexibility index (Phi) is 7.22. The number of benzene rings is 1. The van der Waals surface area contributed by atoms with Crippen molar-refractivity contribution in [1.29, 1.82) is 0 Å². The Balaban J connectivity index is 3.21. The van der Waals surface area contributed by atoms with Crippen LogP contribution in [0.3, 0.4) is 0 Å². The van der Waals surface area contributed by atoms with Crippen LogP contribution >= 0.6 is 7.82 Å². The fourth-order valence-corrected chi connectivity index (χ4v) is 2.87. The van der Waals surface area contributed by atoms with Gasteiger partial charge in [0.1, 0.15) is 5.75 Å². The third-order valence-electron chi connectivity index (χ3n) is 2.59. The lowest BCUT2D eigenvalue weighted by atomic mass is 10.1. The minimum atomic E-state index is -3.81. The van der Waals surface area contributed by atoms with E-state index in [4.69, 9.17) is 13.6 Å². The number of phosphoric acid groups is 1. The van der Waals surface area contributed by atoms with Crippen LogP contribution in [0.2, 0.25) is 0 Å². The van der Waals surface area contributed by atoms with Crippen LogP contribution in [0.1, 0.15) is 34.6 Å². The summed E-state index contributed by atoms with van der Waals surface area (Å²) in [4.78, 5) is 23.5. The van der Waals surface area contributed by atoms with E-state index in [0.717, 1.165) is 0 Å². The molecule has 0 aromatic heterocycles. The summed E-state index contributed by atoms with van der Waals surface area (Å²) >= 11 is 0. The molecule has 0 amide bonds. The smallest absolute Gasteiger partial charge is 0.465 e. The van der Waals surface area contributed by atoms with E-state index in [1.165, 1.54) is 32.4 Å². The van der Waals surface area contributed by atoms with Crippen LogP contribution in [0.15, 0.2) is 18.2 Å². The molecule has 0 aliphatic carbocycles. The van der Waals surface area contributed by atoms with E-state index in [2.05, 4.69) is 9.47 Å². The summed E-state index contributed by atoms with van der Waals surface area (Å²) in [5.41, 5.74) is -0.0919. The molecular weight excluding hydrogens is 327 g/mol. The highest BCUT2D eigenvalue weighted by atomic mass is 31.2. The van der Waals surface area contributed by atoms with Gasteiger partial charge in [-0.2, -0.15) is 0 Å². The van der Waals surface area contributed by atoms with Gasteiger partial charge in [-0.3, -0.25) is 9.05 Å². The third-order valence-corrected chi connectivity index (χ3v) is 4.18. The summed E-state index contributed by atoms with van der Waals surface area (Å²) in [7, 11) is -1.46. The zero-order valence-corrected chi connectivity index (χ0v) is 14.3. The maximum Gasteiger partial charge on any atom is 0.530 e. The number of phosphoric ester groups is 1. The molecule has 0 atom stereocenters. The summed E-state index contributed by atoms with van der Waals surface area (Å²) in [5, 5.41) is 0. The average Bonchev–Trinajstić information content (AvgIpc) is 2.53. The van der Waals surface area contributed by atoms with Crippen molar-refractivity contribution in [3.05, 3.63) is 29.3 Å². The normalized spacial score (nSPS) is 11.0. The van der Waals surface area contributed by atoms with Crippen LogP contribution in [0.4, 0.5) is 0 Å². The molecular formula is C14H19O8P. The third kappa shape index (κ3) is 5.06. The standard InChI is InChI=1S/C14H19O8P/c1-5-20-23(17,21-6-2)22-10-7-8-11(13(15)18-3)12(9-10)14(16)19-4/h7-9H,5-6H2,1-4H3. The summed E-state index contributed by atoms with van der Waals surface area (Å²) in [6.45, 7) is 3.49. The van der Waals surface area contributed by atoms with E-state index in [1.54, 1.807) is 13.8 Å². The Hall–Kier alpha value is -1.89. The van der Waals surface area contributed by atoms with Crippen LogP contribution in [0.25, 0.3) is 0 Å². The van der Waals surface area contributed by atoms with Crippen molar-refractivity contribution in [3.8, 4) is 5.75 Å². The molecule has 128 valence electrons. The van der Waals surface area contributed by atoms with E-state index in [-0.39, 0.29) is 30.1 Å². The molecule has 23 heavy (non-hydrogen) atoms. The van der Waals surface area contributed by atoms with Gasteiger partial charge in [-0.25, -0.2) is 14.2 Å². The Labute approximate surface area is 134 Å². The van der Waals surface area contributed by atoms with Crippen LogP contribution in [-0.4, -0.2) is 39.4 Å². The van der Waals surface area contributed by atoms with Gasteiger partial charge in [0.05, 0.1) is 38.6 Å². The summed E-state index contributed by atoms with van der Waals surface area (Å²) in [6.07, 6.45) is 0. The van der Waals surface area contributed by atoms with Gasteiger partial charge in [0.2, 0.25) is 0 Å². The Morgan fingerprint density at radius 3 is 1.96 bits per heavy atom. The quantitative estimate of drug-likeness (QED) is 0.523. The van der Waals surface area contributed by atoms with Crippen molar-refractivity contribution in [2.24, 2.45) is 0 Å². The van der Waals surface area contributed by atoms with Gasteiger partial charge in [0.15, 0.2) is 0 Å². The molecule has 0 aliphatic heterocycles. The lowest BCUT2D eigenvalue weighted by molar-refractivity contribution is 0.0555. The molecule has 1 aromatic carbocycles. The van der Waals surface area contributed by atoms with Gasteiger partial charge >= 0.3 is 19.8 Å². The molecule has 0 saturated carbocycles. The van der Waals surface area contributed by atoms with Crippen molar-refractivity contribution in [2.75, 3.05) is 27.4 Å². The van der Waals surface area contributed by atoms with Crippen molar-refractivity contribution >= 4 is 19.8 Å². The van der Waals surface area contributed by atoms with Crippen LogP contribution in [0.5, 0.6) is 5.75 Å². The summed E-state index contributed by atoms with van der Waals surface area (Å²) in [6, 6.07) is 3.86. The number of hydrogen-bond acceptors (Lipinski definition) is 8. The summed E-state index contributed by atoms with van der Waals surface area (Å²) < 4.78 is 36.8. The molecule has 0 radical (unpaired) electrons. The lowest BCUT2D eigenvalue weighted by Crippen LogP contribution is -2.12. The lowest BCUT2D eigenvalue weighted by Gasteiger charge is -2.17. The fourth-order valence-electron chi connectivity index (χ4n) is 1.68. The van der Waals surface area contributed by atoms with Crippen LogP contribution in [0, 0.1) is 0 Å². The van der Waals surface area contributed by atoms with E-state index in [9.17, 15) is 14.2 Å². The Bertz CT molecular complexity index is 603. The molecule has 0 unspecified atom stereocenters. The van der Waals surface area contributed by atoms with E-state index in [0.29, 0.717) is 0 Å². The van der Waals surface area contributed by atoms with Gasteiger partial charge in [0, 0.05) is 0 Å². The number of hydrogen-bond donors (Lipinski definition) is 0. The predicted octanol–water partition coefficient (Wildman–Crippen LogP) is 2.82. The van der Waals surface area contributed by atoms with Gasteiger partial charge < -0.3 is 14.0 Å². The number of esters is 2. The first-order valence-electron chi connectivity index (χ1n) is 6.80. The van der Waals surface area contributed by atoms with Gasteiger partial charge in [0.25, 0.3) is 0 Å². The minimum absolute atomic E-state index is 0.00523. The summed E-state index contributed by atoms with van der Waals surface area (Å²) in [5.74, 6) is -1.45. The highest BCUT2D eigenvalue weighted by molar-refractivity contribution is 7.48. The number of carbonyl (C=O) groups is 2. The van der Waals surface area contributed by atoms with Crippen molar-refractivity contribution < 1.29 is 37.2 Å². The van der Waals surface area contributed by atoms with E-state index < -0.39 is 19.8 Å². The highest BCUT2D eigenvalue weighted by Gasteiger charge is 2.28. The maximum absolute atomic E-state index is 12.3. The second kappa shape index (κ2) is 8.67. The molecule has 1 rings (SSSR count). The Morgan fingerprint density at radius 2 is 1.48 bits per heavy atom.